The van der Waals surface area contributed by atoms with Crippen molar-refractivity contribution in [2.24, 2.45) is 0 Å². The first kappa shape index (κ1) is 12.4. The third-order valence-electron chi connectivity index (χ3n) is 3.23. The van der Waals surface area contributed by atoms with Crippen LogP contribution in [0.5, 0.6) is 0 Å². The number of aromatic nitrogens is 1. The Morgan fingerprint density at radius 2 is 1.95 bits per heavy atom. The first-order valence-electron chi connectivity index (χ1n) is 6.46. The van der Waals surface area contributed by atoms with Gasteiger partial charge in [-0.05, 0) is 23.8 Å². The van der Waals surface area contributed by atoms with Crippen LogP contribution in [0.25, 0.3) is 11.8 Å². The van der Waals surface area contributed by atoms with E-state index in [0.717, 1.165) is 17.0 Å². The van der Waals surface area contributed by atoms with Crippen molar-refractivity contribution in [2.75, 3.05) is 6.54 Å². The van der Waals surface area contributed by atoms with Crippen LogP contribution in [0.3, 0.4) is 0 Å². The lowest BCUT2D eigenvalue weighted by Gasteiger charge is -2.15. The number of rotatable bonds is 3. The third-order valence-corrected chi connectivity index (χ3v) is 3.23. The molecule has 2 heterocycles. The Labute approximate surface area is 117 Å². The van der Waals surface area contributed by atoms with Gasteiger partial charge in [0.1, 0.15) is 0 Å². The number of carbonyl (C=O) groups excluding carboxylic acids is 1. The van der Waals surface area contributed by atoms with Crippen LogP contribution < -0.4 is 0 Å². The molecule has 0 saturated heterocycles. The van der Waals surface area contributed by atoms with Gasteiger partial charge in [-0.25, -0.2) is 0 Å². The second-order valence-corrected chi connectivity index (χ2v) is 4.54. The van der Waals surface area contributed by atoms with E-state index in [0.29, 0.717) is 12.1 Å². The Morgan fingerprint density at radius 1 is 1.15 bits per heavy atom. The molecule has 98 valence electrons. The van der Waals surface area contributed by atoms with Gasteiger partial charge in [0.25, 0.3) is 5.91 Å². The summed E-state index contributed by atoms with van der Waals surface area (Å²) in [5, 5.41) is 0. The van der Waals surface area contributed by atoms with Crippen molar-refractivity contribution in [3.05, 3.63) is 78.1 Å². The minimum Gasteiger partial charge on any atom is -0.302 e. The zero-order valence-corrected chi connectivity index (χ0v) is 11.0. The lowest BCUT2D eigenvalue weighted by Crippen LogP contribution is -2.22. The molecule has 1 aliphatic rings. The van der Waals surface area contributed by atoms with Gasteiger partial charge in [0, 0.05) is 12.7 Å². The van der Waals surface area contributed by atoms with E-state index in [9.17, 15) is 4.79 Å². The van der Waals surface area contributed by atoms with Crippen LogP contribution in [0.1, 0.15) is 21.6 Å². The van der Waals surface area contributed by atoms with E-state index in [-0.39, 0.29) is 5.91 Å². The molecular weight excluding hydrogens is 248 g/mol. The molecular formula is C17H14N2O. The third kappa shape index (κ3) is 2.03. The van der Waals surface area contributed by atoms with Crippen molar-refractivity contribution in [3.8, 4) is 0 Å². The molecule has 1 amide bonds. The lowest BCUT2D eigenvalue weighted by atomic mass is 10.1. The Balaban J connectivity index is 2.13. The fourth-order valence-corrected chi connectivity index (χ4v) is 2.33. The Bertz CT molecular complexity index is 689. The predicted octanol–water partition coefficient (Wildman–Crippen LogP) is 3.22. The van der Waals surface area contributed by atoms with Crippen LogP contribution in [-0.4, -0.2) is 22.3 Å². The minimum atomic E-state index is -0.0184. The monoisotopic (exact) mass is 262 g/mol. The van der Waals surface area contributed by atoms with Crippen molar-refractivity contribution in [1.29, 1.82) is 0 Å². The average molecular weight is 262 g/mol. The smallest absolute Gasteiger partial charge is 0.260 e. The van der Waals surface area contributed by atoms with Crippen molar-refractivity contribution in [3.63, 3.8) is 0 Å². The first-order valence-corrected chi connectivity index (χ1v) is 6.46. The van der Waals surface area contributed by atoms with Gasteiger partial charge in [0.05, 0.1) is 17.0 Å². The standard InChI is InChI=1S/C17H14N2O/c1-2-11-19-15(12-13-7-4-3-5-8-13)16-14(17(19)20)9-6-10-18-16/h2-10,12H,1,11H2/b15-12+. The zero-order valence-electron chi connectivity index (χ0n) is 11.0. The maximum Gasteiger partial charge on any atom is 0.260 e. The second-order valence-electron chi connectivity index (χ2n) is 4.54. The van der Waals surface area contributed by atoms with Gasteiger partial charge in [-0.15, -0.1) is 6.58 Å². The maximum absolute atomic E-state index is 12.4. The van der Waals surface area contributed by atoms with Gasteiger partial charge in [-0.3, -0.25) is 9.78 Å². The highest BCUT2D eigenvalue weighted by Gasteiger charge is 2.32. The lowest BCUT2D eigenvalue weighted by molar-refractivity contribution is 0.0862. The molecule has 3 rings (SSSR count). The second kappa shape index (κ2) is 5.13. The maximum atomic E-state index is 12.4. The van der Waals surface area contributed by atoms with E-state index in [2.05, 4.69) is 11.6 Å². The van der Waals surface area contributed by atoms with Crippen LogP contribution in [0, 0.1) is 0 Å². The van der Waals surface area contributed by atoms with Crippen molar-refractivity contribution < 1.29 is 4.79 Å². The molecule has 0 radical (unpaired) electrons. The summed E-state index contributed by atoms with van der Waals surface area (Å²) < 4.78 is 0. The predicted molar refractivity (Wildman–Crippen MR) is 79.8 cm³/mol. The van der Waals surface area contributed by atoms with E-state index in [1.807, 2.05) is 42.5 Å². The summed E-state index contributed by atoms with van der Waals surface area (Å²) in [6.45, 7) is 4.20. The summed E-state index contributed by atoms with van der Waals surface area (Å²) in [6, 6.07) is 13.5. The average Bonchev–Trinajstić information content (AvgIpc) is 2.75. The molecule has 3 heteroatoms. The number of hydrogen-bond donors (Lipinski definition) is 0. The van der Waals surface area contributed by atoms with Crippen LogP contribution in [0.15, 0.2) is 61.3 Å². The van der Waals surface area contributed by atoms with Crippen LogP contribution in [-0.2, 0) is 0 Å². The van der Waals surface area contributed by atoms with E-state index in [4.69, 9.17) is 0 Å². The summed E-state index contributed by atoms with van der Waals surface area (Å²) in [4.78, 5) is 18.4. The quantitative estimate of drug-likeness (QED) is 0.796. The van der Waals surface area contributed by atoms with Gasteiger partial charge in [-0.1, -0.05) is 36.4 Å². The number of amides is 1. The van der Waals surface area contributed by atoms with Crippen molar-refractivity contribution in [1.82, 2.24) is 9.88 Å². The summed E-state index contributed by atoms with van der Waals surface area (Å²) in [7, 11) is 0. The number of benzene rings is 1. The number of carbonyl (C=O) groups is 1. The number of hydrogen-bond acceptors (Lipinski definition) is 2. The van der Waals surface area contributed by atoms with E-state index < -0.39 is 0 Å². The fraction of sp³-hybridized carbons (Fsp3) is 0.0588. The largest absolute Gasteiger partial charge is 0.302 e. The molecule has 0 bridgehead atoms. The van der Waals surface area contributed by atoms with Gasteiger partial charge in [0.15, 0.2) is 0 Å². The topological polar surface area (TPSA) is 33.2 Å². The SMILES string of the molecule is C=CCN1C(=O)c2cccnc2/C1=C\c1ccccc1. The molecule has 1 aromatic heterocycles. The molecule has 0 atom stereocenters. The highest BCUT2D eigenvalue weighted by Crippen LogP contribution is 2.32. The number of fused-ring (bicyclic) bond motifs is 1. The molecule has 0 N–H and O–H groups in total. The van der Waals surface area contributed by atoms with Gasteiger partial charge < -0.3 is 4.90 Å². The fourth-order valence-electron chi connectivity index (χ4n) is 2.33. The number of nitrogens with zero attached hydrogens (tertiary/aromatic N) is 2. The highest BCUT2D eigenvalue weighted by molar-refractivity contribution is 6.10. The summed E-state index contributed by atoms with van der Waals surface area (Å²) >= 11 is 0. The molecule has 20 heavy (non-hydrogen) atoms. The number of pyridine rings is 1. The van der Waals surface area contributed by atoms with E-state index in [1.165, 1.54) is 0 Å². The highest BCUT2D eigenvalue weighted by atomic mass is 16.2. The molecule has 3 nitrogen and oxygen atoms in total. The van der Waals surface area contributed by atoms with Crippen LogP contribution in [0.2, 0.25) is 0 Å². The molecule has 2 aromatic rings. The Kier molecular flexibility index (Phi) is 3.17. The molecule has 0 unspecified atom stereocenters. The molecule has 1 aromatic carbocycles. The first-order chi connectivity index (χ1) is 9.81. The zero-order chi connectivity index (χ0) is 13.9. The summed E-state index contributed by atoms with van der Waals surface area (Å²) in [5.41, 5.74) is 3.26. The molecule has 1 aliphatic heterocycles. The Morgan fingerprint density at radius 3 is 2.70 bits per heavy atom. The van der Waals surface area contributed by atoms with E-state index >= 15 is 0 Å². The molecule has 0 spiro atoms. The van der Waals surface area contributed by atoms with E-state index in [1.54, 1.807) is 23.2 Å². The van der Waals surface area contributed by atoms with Gasteiger partial charge in [0.2, 0.25) is 0 Å². The summed E-state index contributed by atoms with van der Waals surface area (Å²) in [6.07, 6.45) is 5.42. The van der Waals surface area contributed by atoms with Crippen LogP contribution >= 0.6 is 0 Å². The Hall–Kier alpha value is -2.68. The van der Waals surface area contributed by atoms with Crippen molar-refractivity contribution >= 4 is 17.7 Å². The van der Waals surface area contributed by atoms with Crippen LogP contribution in [0.4, 0.5) is 0 Å². The van der Waals surface area contributed by atoms with Crippen molar-refractivity contribution in [2.45, 2.75) is 0 Å². The molecule has 0 saturated carbocycles. The molecule has 0 aliphatic carbocycles. The van der Waals surface area contributed by atoms with Gasteiger partial charge in [-0.2, -0.15) is 0 Å². The van der Waals surface area contributed by atoms with Gasteiger partial charge >= 0.3 is 0 Å². The molecule has 0 fully saturated rings. The minimum absolute atomic E-state index is 0.0184. The summed E-state index contributed by atoms with van der Waals surface area (Å²) in [5.74, 6) is -0.0184. The normalized spacial score (nSPS) is 15.5.